The topological polar surface area (TPSA) is 71.7 Å². The SMILES string of the molecule is CCC(C)N1CCN(c2ncc(N)cc2C(=O)OC)CC1. The summed E-state index contributed by atoms with van der Waals surface area (Å²) in [6.45, 7) is 8.10. The van der Waals surface area contributed by atoms with E-state index in [0.717, 1.165) is 32.6 Å². The zero-order valence-corrected chi connectivity index (χ0v) is 13.0. The van der Waals surface area contributed by atoms with Crippen molar-refractivity contribution in [3.05, 3.63) is 17.8 Å². The minimum absolute atomic E-state index is 0.394. The predicted molar refractivity (Wildman–Crippen MR) is 83.5 cm³/mol. The number of rotatable bonds is 4. The van der Waals surface area contributed by atoms with Crippen LogP contribution in [0.5, 0.6) is 0 Å². The Morgan fingerprint density at radius 1 is 1.43 bits per heavy atom. The summed E-state index contributed by atoms with van der Waals surface area (Å²) in [7, 11) is 1.37. The number of ether oxygens (including phenoxy) is 1. The summed E-state index contributed by atoms with van der Waals surface area (Å²) < 4.78 is 4.83. The summed E-state index contributed by atoms with van der Waals surface area (Å²) in [6, 6.07) is 2.22. The average molecular weight is 292 g/mol. The molecule has 0 aromatic carbocycles. The first-order chi connectivity index (χ1) is 10.1. The van der Waals surface area contributed by atoms with Crippen molar-refractivity contribution in [3.8, 4) is 0 Å². The van der Waals surface area contributed by atoms with Crippen molar-refractivity contribution in [2.45, 2.75) is 26.3 Å². The number of hydrogen-bond donors (Lipinski definition) is 1. The van der Waals surface area contributed by atoms with Gasteiger partial charge in [0.1, 0.15) is 11.4 Å². The van der Waals surface area contributed by atoms with Crippen LogP contribution in [0.2, 0.25) is 0 Å². The van der Waals surface area contributed by atoms with Gasteiger partial charge in [-0.2, -0.15) is 0 Å². The fourth-order valence-electron chi connectivity index (χ4n) is 2.62. The molecule has 1 fully saturated rings. The molecule has 1 aromatic heterocycles. The van der Waals surface area contributed by atoms with E-state index < -0.39 is 5.97 Å². The van der Waals surface area contributed by atoms with Crippen molar-refractivity contribution < 1.29 is 9.53 Å². The normalized spacial score (nSPS) is 17.6. The maximum atomic E-state index is 11.9. The highest BCUT2D eigenvalue weighted by Gasteiger charge is 2.24. The molecule has 2 heterocycles. The molecule has 1 saturated heterocycles. The Hall–Kier alpha value is -1.82. The number of piperazine rings is 1. The fraction of sp³-hybridized carbons (Fsp3) is 0.600. The first-order valence-electron chi connectivity index (χ1n) is 7.39. The number of hydrogen-bond acceptors (Lipinski definition) is 6. The van der Waals surface area contributed by atoms with E-state index in [4.69, 9.17) is 10.5 Å². The molecule has 6 nitrogen and oxygen atoms in total. The molecule has 2 rings (SSSR count). The van der Waals surface area contributed by atoms with Crippen molar-refractivity contribution in [2.24, 2.45) is 0 Å². The van der Waals surface area contributed by atoms with Crippen LogP contribution in [0.4, 0.5) is 11.5 Å². The van der Waals surface area contributed by atoms with Crippen LogP contribution in [-0.2, 0) is 4.74 Å². The van der Waals surface area contributed by atoms with Crippen molar-refractivity contribution in [3.63, 3.8) is 0 Å². The standard InChI is InChI=1S/C15H24N4O2/c1-4-11(2)18-5-7-19(8-6-18)14-13(15(20)21-3)9-12(16)10-17-14/h9-11H,4-8,16H2,1-3H3. The summed E-state index contributed by atoms with van der Waals surface area (Å²) in [5.41, 5.74) is 6.64. The lowest BCUT2D eigenvalue weighted by Crippen LogP contribution is -2.50. The van der Waals surface area contributed by atoms with Gasteiger partial charge < -0.3 is 15.4 Å². The molecule has 0 aliphatic carbocycles. The van der Waals surface area contributed by atoms with E-state index in [9.17, 15) is 4.79 Å². The monoisotopic (exact) mass is 292 g/mol. The molecule has 0 spiro atoms. The van der Waals surface area contributed by atoms with Crippen LogP contribution < -0.4 is 10.6 Å². The lowest BCUT2D eigenvalue weighted by molar-refractivity contribution is 0.0600. The van der Waals surface area contributed by atoms with Gasteiger partial charge >= 0.3 is 5.97 Å². The lowest BCUT2D eigenvalue weighted by atomic mass is 10.1. The van der Waals surface area contributed by atoms with Gasteiger partial charge in [0.05, 0.1) is 19.0 Å². The second-order valence-corrected chi connectivity index (χ2v) is 5.41. The van der Waals surface area contributed by atoms with Crippen LogP contribution in [-0.4, -0.2) is 55.2 Å². The Labute approximate surface area is 125 Å². The largest absolute Gasteiger partial charge is 0.465 e. The number of carbonyl (C=O) groups is 1. The predicted octanol–water partition coefficient (Wildman–Crippen LogP) is 1.37. The second-order valence-electron chi connectivity index (χ2n) is 5.41. The van der Waals surface area contributed by atoms with Crippen molar-refractivity contribution in [1.82, 2.24) is 9.88 Å². The number of aromatic nitrogens is 1. The van der Waals surface area contributed by atoms with E-state index in [0.29, 0.717) is 23.1 Å². The van der Waals surface area contributed by atoms with Gasteiger partial charge in [-0.15, -0.1) is 0 Å². The lowest BCUT2D eigenvalue weighted by Gasteiger charge is -2.38. The van der Waals surface area contributed by atoms with Crippen LogP contribution in [0.15, 0.2) is 12.3 Å². The number of nitrogens with zero attached hydrogens (tertiary/aromatic N) is 3. The quantitative estimate of drug-likeness (QED) is 0.845. The highest BCUT2D eigenvalue weighted by molar-refractivity contribution is 5.95. The van der Waals surface area contributed by atoms with E-state index >= 15 is 0 Å². The highest BCUT2D eigenvalue weighted by atomic mass is 16.5. The van der Waals surface area contributed by atoms with Gasteiger partial charge in [0.15, 0.2) is 0 Å². The smallest absolute Gasteiger partial charge is 0.341 e. The van der Waals surface area contributed by atoms with Crippen molar-refractivity contribution in [2.75, 3.05) is 43.9 Å². The summed E-state index contributed by atoms with van der Waals surface area (Å²) >= 11 is 0. The number of nitrogens with two attached hydrogens (primary N) is 1. The minimum atomic E-state index is -0.394. The van der Waals surface area contributed by atoms with Crippen molar-refractivity contribution in [1.29, 1.82) is 0 Å². The van der Waals surface area contributed by atoms with Gasteiger partial charge in [-0.05, 0) is 19.4 Å². The Morgan fingerprint density at radius 2 is 2.10 bits per heavy atom. The molecule has 0 saturated carbocycles. The summed E-state index contributed by atoms with van der Waals surface area (Å²) in [5.74, 6) is 0.272. The Kier molecular flexibility index (Phi) is 5.01. The molecule has 1 aromatic rings. The third kappa shape index (κ3) is 3.44. The molecule has 21 heavy (non-hydrogen) atoms. The Balaban J connectivity index is 2.15. The number of pyridine rings is 1. The van der Waals surface area contributed by atoms with Gasteiger partial charge in [-0.1, -0.05) is 6.92 Å². The van der Waals surface area contributed by atoms with Crippen LogP contribution >= 0.6 is 0 Å². The second kappa shape index (κ2) is 6.76. The highest BCUT2D eigenvalue weighted by Crippen LogP contribution is 2.22. The van der Waals surface area contributed by atoms with E-state index in [1.54, 1.807) is 12.3 Å². The number of methoxy groups -OCH3 is 1. The van der Waals surface area contributed by atoms with Gasteiger partial charge in [-0.3, -0.25) is 4.90 Å². The molecule has 1 aliphatic heterocycles. The van der Waals surface area contributed by atoms with Gasteiger partial charge in [0, 0.05) is 32.2 Å². The Bertz CT molecular complexity index is 498. The van der Waals surface area contributed by atoms with E-state index in [1.807, 2.05) is 0 Å². The molecule has 0 bridgehead atoms. The van der Waals surface area contributed by atoms with Crippen LogP contribution in [0, 0.1) is 0 Å². The molecule has 0 amide bonds. The van der Waals surface area contributed by atoms with Gasteiger partial charge in [0.2, 0.25) is 0 Å². The fourth-order valence-corrected chi connectivity index (χ4v) is 2.62. The van der Waals surface area contributed by atoms with Gasteiger partial charge in [0.25, 0.3) is 0 Å². The summed E-state index contributed by atoms with van der Waals surface area (Å²) in [5, 5.41) is 0. The Morgan fingerprint density at radius 3 is 2.67 bits per heavy atom. The third-order valence-electron chi connectivity index (χ3n) is 4.12. The minimum Gasteiger partial charge on any atom is -0.465 e. The van der Waals surface area contributed by atoms with Crippen LogP contribution in [0.1, 0.15) is 30.6 Å². The molecule has 1 unspecified atom stereocenters. The molecule has 1 atom stereocenters. The van der Waals surface area contributed by atoms with E-state index in [1.165, 1.54) is 7.11 Å². The zero-order valence-electron chi connectivity index (χ0n) is 13.0. The van der Waals surface area contributed by atoms with Gasteiger partial charge in [-0.25, -0.2) is 9.78 Å². The van der Waals surface area contributed by atoms with Crippen LogP contribution in [0.25, 0.3) is 0 Å². The molecular formula is C15H24N4O2. The number of esters is 1. The third-order valence-corrected chi connectivity index (χ3v) is 4.12. The first kappa shape index (κ1) is 15.6. The van der Waals surface area contributed by atoms with E-state index in [2.05, 4.69) is 28.6 Å². The molecule has 6 heteroatoms. The van der Waals surface area contributed by atoms with E-state index in [-0.39, 0.29) is 0 Å². The summed E-state index contributed by atoms with van der Waals surface area (Å²) in [4.78, 5) is 20.8. The molecule has 2 N–H and O–H groups in total. The molecule has 0 radical (unpaired) electrons. The van der Waals surface area contributed by atoms with Crippen molar-refractivity contribution >= 4 is 17.5 Å². The molecule has 116 valence electrons. The number of carbonyl (C=O) groups excluding carboxylic acids is 1. The number of anilines is 2. The first-order valence-corrected chi connectivity index (χ1v) is 7.39. The molecule has 1 aliphatic rings. The molecular weight excluding hydrogens is 268 g/mol. The average Bonchev–Trinajstić information content (AvgIpc) is 2.53. The van der Waals surface area contributed by atoms with Crippen LogP contribution in [0.3, 0.4) is 0 Å². The maximum absolute atomic E-state index is 11.9. The number of nitrogen functional groups attached to an aromatic ring is 1. The zero-order chi connectivity index (χ0) is 15.4. The maximum Gasteiger partial charge on any atom is 0.341 e. The summed E-state index contributed by atoms with van der Waals surface area (Å²) in [6.07, 6.45) is 2.73.